The summed E-state index contributed by atoms with van der Waals surface area (Å²) < 4.78 is 13.2. The van der Waals surface area contributed by atoms with Gasteiger partial charge in [0.05, 0.1) is 12.2 Å². The van der Waals surface area contributed by atoms with Crippen molar-refractivity contribution in [1.82, 2.24) is 10.2 Å². The van der Waals surface area contributed by atoms with E-state index in [-0.39, 0.29) is 11.2 Å². The highest BCUT2D eigenvalue weighted by Gasteiger charge is 2.21. The number of aromatic nitrogens is 2. The Morgan fingerprint density at radius 3 is 2.54 bits per heavy atom. The number of halogens is 1. The molecule has 3 aromatic rings. The van der Waals surface area contributed by atoms with E-state index in [1.165, 1.54) is 12.1 Å². The molecule has 0 bridgehead atoms. The Balaban J connectivity index is 1.46. The lowest BCUT2D eigenvalue weighted by molar-refractivity contribution is 0.552. The molecule has 0 radical (unpaired) electrons. The number of rotatable bonds is 5. The third-order valence-electron chi connectivity index (χ3n) is 5.10. The van der Waals surface area contributed by atoms with Crippen molar-refractivity contribution in [3.05, 3.63) is 77.1 Å². The molecule has 0 spiro atoms. The summed E-state index contributed by atoms with van der Waals surface area (Å²) in [5.74, 6) is 1.04. The van der Waals surface area contributed by atoms with Gasteiger partial charge in [-0.3, -0.25) is 4.99 Å². The summed E-state index contributed by atoms with van der Waals surface area (Å²) >= 11 is 0. The molecule has 0 amide bonds. The van der Waals surface area contributed by atoms with Crippen LogP contribution in [-0.2, 0) is 12.0 Å². The van der Waals surface area contributed by atoms with E-state index in [0.29, 0.717) is 24.7 Å². The minimum Gasteiger partial charge on any atom is -0.383 e. The van der Waals surface area contributed by atoms with Gasteiger partial charge in [0.25, 0.3) is 0 Å². The summed E-state index contributed by atoms with van der Waals surface area (Å²) in [6.07, 6.45) is 0. The first-order valence-electron chi connectivity index (χ1n) is 9.20. The van der Waals surface area contributed by atoms with Crippen molar-refractivity contribution in [3.63, 3.8) is 0 Å². The van der Waals surface area contributed by atoms with E-state index in [2.05, 4.69) is 34.4 Å². The number of nitrogens with one attached hydrogen (secondary N) is 1. The van der Waals surface area contributed by atoms with Gasteiger partial charge in [-0.1, -0.05) is 38.1 Å². The van der Waals surface area contributed by atoms with Crippen LogP contribution in [0.5, 0.6) is 0 Å². The molecule has 2 heterocycles. The summed E-state index contributed by atoms with van der Waals surface area (Å²) in [5.41, 5.74) is 10.7. The Morgan fingerprint density at radius 1 is 1.04 bits per heavy atom. The molecule has 2 aromatic carbocycles. The fraction of sp³-hybridized carbons (Fsp3) is 0.227. The number of hydrogen-bond donors (Lipinski definition) is 2. The van der Waals surface area contributed by atoms with E-state index < -0.39 is 0 Å². The highest BCUT2D eigenvalue weighted by molar-refractivity contribution is 6.01. The minimum absolute atomic E-state index is 0.176. The first-order valence-corrected chi connectivity index (χ1v) is 9.20. The molecule has 0 unspecified atom stereocenters. The van der Waals surface area contributed by atoms with Crippen LogP contribution in [0.3, 0.4) is 0 Å². The maximum atomic E-state index is 13.2. The molecule has 142 valence electrons. The van der Waals surface area contributed by atoms with Gasteiger partial charge in [-0.05, 0) is 41.5 Å². The molecule has 6 heteroatoms. The molecule has 1 aromatic heterocycles. The van der Waals surface area contributed by atoms with Gasteiger partial charge < -0.3 is 11.1 Å². The minimum atomic E-state index is -0.228. The third kappa shape index (κ3) is 3.58. The Morgan fingerprint density at radius 2 is 1.82 bits per heavy atom. The van der Waals surface area contributed by atoms with Crippen molar-refractivity contribution in [2.24, 2.45) is 10.7 Å². The number of fused-ring (bicyclic) bond motifs is 1. The van der Waals surface area contributed by atoms with Crippen LogP contribution in [0, 0.1) is 5.82 Å². The Bertz CT molecular complexity index is 1020. The number of nitrogens with zero attached hydrogens (tertiary/aromatic N) is 3. The SMILES string of the molecule is CC(C)(CNc1ccc(-c2ccc3c(c2)C(N)=NC3)nn1)c1ccc(F)cc1. The normalized spacial score (nSPS) is 13.2. The van der Waals surface area contributed by atoms with Gasteiger partial charge in [0, 0.05) is 23.1 Å². The molecule has 0 atom stereocenters. The van der Waals surface area contributed by atoms with Crippen LogP contribution in [0.15, 0.2) is 59.6 Å². The van der Waals surface area contributed by atoms with Gasteiger partial charge in [0.15, 0.2) is 0 Å². The second kappa shape index (κ2) is 7.03. The van der Waals surface area contributed by atoms with Crippen molar-refractivity contribution in [1.29, 1.82) is 0 Å². The maximum Gasteiger partial charge on any atom is 0.148 e. The molecule has 3 N–H and O–H groups in total. The van der Waals surface area contributed by atoms with Crippen LogP contribution in [-0.4, -0.2) is 22.6 Å². The average Bonchev–Trinajstić information content (AvgIpc) is 3.07. The topological polar surface area (TPSA) is 76.2 Å². The maximum absolute atomic E-state index is 13.2. The zero-order valence-corrected chi connectivity index (χ0v) is 15.9. The van der Waals surface area contributed by atoms with Gasteiger partial charge in [-0.15, -0.1) is 10.2 Å². The summed E-state index contributed by atoms with van der Waals surface area (Å²) in [4.78, 5) is 4.26. The van der Waals surface area contributed by atoms with E-state index in [0.717, 1.165) is 27.9 Å². The van der Waals surface area contributed by atoms with Gasteiger partial charge >= 0.3 is 0 Å². The highest BCUT2D eigenvalue weighted by Crippen LogP contribution is 2.26. The largest absolute Gasteiger partial charge is 0.383 e. The van der Waals surface area contributed by atoms with Crippen molar-refractivity contribution in [2.45, 2.75) is 25.8 Å². The zero-order chi connectivity index (χ0) is 19.7. The fourth-order valence-corrected chi connectivity index (χ4v) is 3.26. The molecule has 0 fully saturated rings. The highest BCUT2D eigenvalue weighted by atomic mass is 19.1. The third-order valence-corrected chi connectivity index (χ3v) is 5.10. The van der Waals surface area contributed by atoms with E-state index in [1.807, 2.05) is 42.5 Å². The fourth-order valence-electron chi connectivity index (χ4n) is 3.26. The summed E-state index contributed by atoms with van der Waals surface area (Å²) in [6.45, 7) is 5.50. The average molecular weight is 375 g/mol. The second-order valence-corrected chi connectivity index (χ2v) is 7.62. The molecular weight excluding hydrogens is 353 g/mol. The van der Waals surface area contributed by atoms with Gasteiger partial charge in [-0.2, -0.15) is 0 Å². The van der Waals surface area contributed by atoms with Gasteiger partial charge in [-0.25, -0.2) is 4.39 Å². The number of anilines is 1. The quantitative estimate of drug-likeness (QED) is 0.709. The molecule has 0 saturated carbocycles. The van der Waals surface area contributed by atoms with Crippen LogP contribution in [0.1, 0.15) is 30.5 Å². The molecule has 1 aliphatic rings. The zero-order valence-electron chi connectivity index (χ0n) is 15.9. The first-order chi connectivity index (χ1) is 13.4. The molecule has 5 nitrogen and oxygen atoms in total. The van der Waals surface area contributed by atoms with Crippen molar-refractivity contribution in [2.75, 3.05) is 11.9 Å². The predicted molar refractivity (Wildman–Crippen MR) is 110 cm³/mol. The van der Waals surface area contributed by atoms with E-state index in [4.69, 9.17) is 5.73 Å². The molecule has 0 saturated heterocycles. The molecule has 28 heavy (non-hydrogen) atoms. The Hall–Kier alpha value is -3.28. The number of benzene rings is 2. The Labute approximate surface area is 163 Å². The molecule has 0 aliphatic carbocycles. The summed E-state index contributed by atoms with van der Waals surface area (Å²) in [5, 5.41) is 12.0. The number of hydrogen-bond acceptors (Lipinski definition) is 5. The van der Waals surface area contributed by atoms with Crippen LogP contribution in [0.25, 0.3) is 11.3 Å². The van der Waals surface area contributed by atoms with Gasteiger partial charge in [0.2, 0.25) is 0 Å². The van der Waals surface area contributed by atoms with Crippen molar-refractivity contribution in [3.8, 4) is 11.3 Å². The van der Waals surface area contributed by atoms with Crippen LogP contribution < -0.4 is 11.1 Å². The second-order valence-electron chi connectivity index (χ2n) is 7.62. The number of aliphatic imine (C=N–C) groups is 1. The van der Waals surface area contributed by atoms with E-state index >= 15 is 0 Å². The lowest BCUT2D eigenvalue weighted by atomic mass is 9.84. The number of nitrogens with two attached hydrogens (primary N) is 1. The van der Waals surface area contributed by atoms with E-state index in [9.17, 15) is 4.39 Å². The number of amidine groups is 1. The lowest BCUT2D eigenvalue weighted by Gasteiger charge is -2.25. The van der Waals surface area contributed by atoms with Crippen molar-refractivity contribution < 1.29 is 4.39 Å². The van der Waals surface area contributed by atoms with Crippen LogP contribution >= 0.6 is 0 Å². The predicted octanol–water partition coefficient (Wildman–Crippen LogP) is 3.89. The smallest absolute Gasteiger partial charge is 0.148 e. The lowest BCUT2D eigenvalue weighted by Crippen LogP contribution is -2.28. The molecular formula is C22H22FN5. The molecule has 4 rings (SSSR count). The summed E-state index contributed by atoms with van der Waals surface area (Å²) in [6, 6.07) is 16.5. The van der Waals surface area contributed by atoms with Crippen LogP contribution in [0.2, 0.25) is 0 Å². The van der Waals surface area contributed by atoms with E-state index in [1.54, 1.807) is 0 Å². The van der Waals surface area contributed by atoms with Crippen molar-refractivity contribution >= 4 is 11.7 Å². The van der Waals surface area contributed by atoms with Gasteiger partial charge in [0.1, 0.15) is 17.5 Å². The molecule has 1 aliphatic heterocycles. The monoisotopic (exact) mass is 375 g/mol. The summed E-state index contributed by atoms with van der Waals surface area (Å²) in [7, 11) is 0. The van der Waals surface area contributed by atoms with Crippen LogP contribution in [0.4, 0.5) is 10.2 Å². The first kappa shape index (κ1) is 18.1. The standard InChI is InChI=1S/C22H22FN5/c1-22(2,16-5-7-17(23)8-6-16)13-26-20-10-9-19(27-28-20)14-3-4-15-12-25-21(24)18(15)11-14/h3-11H,12-13H2,1-2H3,(H2,24,25)(H,26,28). The Kier molecular flexibility index (Phi) is 4.55.